The number of carbonyl (C=O) groups excluding carboxylic acids is 1. The van der Waals surface area contributed by atoms with Gasteiger partial charge in [0.2, 0.25) is 15.9 Å². The van der Waals surface area contributed by atoms with Gasteiger partial charge in [0, 0.05) is 37.9 Å². The predicted octanol–water partition coefficient (Wildman–Crippen LogP) is 2.74. The van der Waals surface area contributed by atoms with E-state index in [1.165, 1.54) is 50.3 Å². The SMILES string of the molecule is COc1ccc(S(=O)(=O)N[C@H](C)C(=O)N2CCN(c3cccc(C(F)(F)F)c3)CC2)cc1OC. The van der Waals surface area contributed by atoms with Crippen LogP contribution in [0.4, 0.5) is 18.9 Å². The zero-order valence-corrected chi connectivity index (χ0v) is 19.7. The summed E-state index contributed by atoms with van der Waals surface area (Å²) in [6.07, 6.45) is -4.44. The second-order valence-electron chi connectivity index (χ2n) is 7.72. The summed E-state index contributed by atoms with van der Waals surface area (Å²) >= 11 is 0. The first-order valence-electron chi connectivity index (χ1n) is 10.4. The van der Waals surface area contributed by atoms with Crippen LogP contribution in [-0.2, 0) is 21.0 Å². The van der Waals surface area contributed by atoms with E-state index >= 15 is 0 Å². The molecular formula is C22H26F3N3O5S. The average molecular weight is 502 g/mol. The lowest BCUT2D eigenvalue weighted by Gasteiger charge is -2.37. The highest BCUT2D eigenvalue weighted by atomic mass is 32.2. The normalized spacial score (nSPS) is 15.7. The quantitative estimate of drug-likeness (QED) is 0.628. The van der Waals surface area contributed by atoms with Gasteiger partial charge in [-0.25, -0.2) is 8.42 Å². The molecule has 1 heterocycles. The van der Waals surface area contributed by atoms with Crippen molar-refractivity contribution in [1.82, 2.24) is 9.62 Å². The van der Waals surface area contributed by atoms with E-state index < -0.39 is 33.7 Å². The van der Waals surface area contributed by atoms with Gasteiger partial charge in [0.05, 0.1) is 30.7 Å². The van der Waals surface area contributed by atoms with E-state index in [4.69, 9.17) is 9.47 Å². The minimum atomic E-state index is -4.44. The van der Waals surface area contributed by atoms with Gasteiger partial charge in [0.1, 0.15) is 0 Å². The van der Waals surface area contributed by atoms with Gasteiger partial charge >= 0.3 is 6.18 Å². The third kappa shape index (κ3) is 5.73. The van der Waals surface area contributed by atoms with Crippen molar-refractivity contribution in [3.05, 3.63) is 48.0 Å². The molecule has 0 saturated carbocycles. The zero-order valence-electron chi connectivity index (χ0n) is 18.9. The molecule has 1 amide bonds. The summed E-state index contributed by atoms with van der Waals surface area (Å²) in [4.78, 5) is 16.0. The van der Waals surface area contributed by atoms with E-state index in [0.29, 0.717) is 24.5 Å². The summed E-state index contributed by atoms with van der Waals surface area (Å²) in [5, 5.41) is 0. The number of sulfonamides is 1. The molecule has 0 unspecified atom stereocenters. The molecule has 1 fully saturated rings. The molecule has 34 heavy (non-hydrogen) atoms. The summed E-state index contributed by atoms with van der Waals surface area (Å²) in [7, 11) is -1.21. The molecule has 1 saturated heterocycles. The monoisotopic (exact) mass is 501 g/mol. The van der Waals surface area contributed by atoms with Crippen LogP contribution in [0.2, 0.25) is 0 Å². The molecule has 2 aromatic carbocycles. The molecular weight excluding hydrogens is 475 g/mol. The first-order valence-corrected chi connectivity index (χ1v) is 11.9. The summed E-state index contributed by atoms with van der Waals surface area (Å²) in [6, 6.07) is 8.08. The van der Waals surface area contributed by atoms with Crippen molar-refractivity contribution < 1.29 is 35.9 Å². The highest BCUT2D eigenvalue weighted by Crippen LogP contribution is 2.32. The number of halogens is 3. The molecule has 8 nitrogen and oxygen atoms in total. The molecule has 12 heteroatoms. The molecule has 186 valence electrons. The number of nitrogens with zero attached hydrogens (tertiary/aromatic N) is 2. The zero-order chi connectivity index (χ0) is 25.1. The Hall–Kier alpha value is -2.99. The van der Waals surface area contributed by atoms with E-state index in [1.807, 2.05) is 0 Å². The second kappa shape index (κ2) is 10.1. The summed E-state index contributed by atoms with van der Waals surface area (Å²) < 4.78 is 77.1. The van der Waals surface area contributed by atoms with Gasteiger partial charge in [0.25, 0.3) is 0 Å². The molecule has 1 N–H and O–H groups in total. The number of benzene rings is 2. The minimum Gasteiger partial charge on any atom is -0.493 e. The van der Waals surface area contributed by atoms with Crippen molar-refractivity contribution in [2.75, 3.05) is 45.3 Å². The topological polar surface area (TPSA) is 88.2 Å². The first-order chi connectivity index (χ1) is 16.0. The number of hydrogen-bond donors (Lipinski definition) is 1. The lowest BCUT2D eigenvalue weighted by atomic mass is 10.1. The van der Waals surface area contributed by atoms with Gasteiger partial charge < -0.3 is 19.3 Å². The number of rotatable bonds is 7. The first kappa shape index (κ1) is 25.6. The van der Waals surface area contributed by atoms with Crippen LogP contribution in [0.25, 0.3) is 0 Å². The molecule has 0 aromatic heterocycles. The molecule has 2 aromatic rings. The Morgan fingerprint density at radius 3 is 2.24 bits per heavy atom. The third-order valence-corrected chi connectivity index (χ3v) is 7.04. The summed E-state index contributed by atoms with van der Waals surface area (Å²) in [5.74, 6) is 0.173. The van der Waals surface area contributed by atoms with E-state index in [2.05, 4.69) is 4.72 Å². The average Bonchev–Trinajstić information content (AvgIpc) is 2.82. The van der Waals surface area contributed by atoms with Crippen LogP contribution in [0.3, 0.4) is 0 Å². The second-order valence-corrected chi connectivity index (χ2v) is 9.43. The molecule has 0 bridgehead atoms. The van der Waals surface area contributed by atoms with E-state index in [-0.39, 0.29) is 23.7 Å². The molecule has 0 spiro atoms. The van der Waals surface area contributed by atoms with Crippen LogP contribution < -0.4 is 19.1 Å². The summed E-state index contributed by atoms with van der Waals surface area (Å²) in [5.41, 5.74) is -0.314. The van der Waals surface area contributed by atoms with Gasteiger partial charge in [-0.15, -0.1) is 0 Å². The fourth-order valence-electron chi connectivity index (χ4n) is 3.67. The number of nitrogens with one attached hydrogen (secondary N) is 1. The van der Waals surface area contributed by atoms with Gasteiger partial charge in [-0.3, -0.25) is 4.79 Å². The van der Waals surface area contributed by atoms with Crippen molar-refractivity contribution in [3.8, 4) is 11.5 Å². The number of piperazine rings is 1. The number of ether oxygens (including phenoxy) is 2. The minimum absolute atomic E-state index is 0.0841. The highest BCUT2D eigenvalue weighted by molar-refractivity contribution is 7.89. The maximum Gasteiger partial charge on any atom is 0.416 e. The van der Waals surface area contributed by atoms with Gasteiger partial charge in [-0.05, 0) is 37.3 Å². The van der Waals surface area contributed by atoms with Gasteiger partial charge in [-0.1, -0.05) is 6.07 Å². The largest absolute Gasteiger partial charge is 0.493 e. The van der Waals surface area contributed by atoms with Crippen molar-refractivity contribution in [2.45, 2.75) is 24.0 Å². The van der Waals surface area contributed by atoms with Crippen LogP contribution in [0, 0.1) is 0 Å². The molecule has 1 aliphatic rings. The predicted molar refractivity (Wildman–Crippen MR) is 120 cm³/mol. The number of methoxy groups -OCH3 is 2. The van der Waals surface area contributed by atoms with Crippen LogP contribution >= 0.6 is 0 Å². The molecule has 3 rings (SSSR count). The molecule has 0 aliphatic carbocycles. The van der Waals surface area contributed by atoms with Crippen LogP contribution in [0.15, 0.2) is 47.4 Å². The fraction of sp³-hybridized carbons (Fsp3) is 0.409. The number of alkyl halides is 3. The van der Waals surface area contributed by atoms with E-state index in [9.17, 15) is 26.4 Å². The Kier molecular flexibility index (Phi) is 7.61. The van der Waals surface area contributed by atoms with E-state index in [1.54, 1.807) is 11.0 Å². The smallest absolute Gasteiger partial charge is 0.416 e. The van der Waals surface area contributed by atoms with Crippen molar-refractivity contribution >= 4 is 21.6 Å². The number of anilines is 1. The van der Waals surface area contributed by atoms with Crippen LogP contribution in [-0.4, -0.2) is 65.7 Å². The summed E-state index contributed by atoms with van der Waals surface area (Å²) in [6.45, 7) is 2.58. The molecule has 1 atom stereocenters. The number of hydrogen-bond acceptors (Lipinski definition) is 6. The highest BCUT2D eigenvalue weighted by Gasteiger charge is 2.32. The lowest BCUT2D eigenvalue weighted by Crippen LogP contribution is -2.54. The maximum absolute atomic E-state index is 13.0. The Bertz CT molecular complexity index is 1130. The number of amides is 1. The van der Waals surface area contributed by atoms with Crippen molar-refractivity contribution in [3.63, 3.8) is 0 Å². The lowest BCUT2D eigenvalue weighted by molar-refractivity contribution is -0.137. The molecule has 1 aliphatic heterocycles. The Balaban J connectivity index is 1.63. The van der Waals surface area contributed by atoms with E-state index in [0.717, 1.165) is 12.1 Å². The van der Waals surface area contributed by atoms with Crippen LogP contribution in [0.1, 0.15) is 12.5 Å². The van der Waals surface area contributed by atoms with Gasteiger partial charge in [-0.2, -0.15) is 17.9 Å². The standard InChI is InChI=1S/C22H26F3N3O5S/c1-15(26-34(30,31)18-7-8-19(32-2)20(14-18)33-3)21(29)28-11-9-27(10-12-28)17-6-4-5-16(13-17)22(23,24)25/h4-8,13-15,26H,9-12H2,1-3H3/t15-/m1/s1. The third-order valence-electron chi connectivity index (χ3n) is 5.50. The fourth-order valence-corrected chi connectivity index (χ4v) is 4.88. The Morgan fingerprint density at radius 1 is 1.00 bits per heavy atom. The molecule has 0 radical (unpaired) electrons. The van der Waals surface area contributed by atoms with Gasteiger partial charge in [0.15, 0.2) is 11.5 Å². The Morgan fingerprint density at radius 2 is 1.65 bits per heavy atom. The number of carbonyl (C=O) groups is 1. The van der Waals surface area contributed by atoms with Crippen molar-refractivity contribution in [1.29, 1.82) is 0 Å². The van der Waals surface area contributed by atoms with Crippen LogP contribution in [0.5, 0.6) is 11.5 Å². The Labute approximate surface area is 196 Å². The van der Waals surface area contributed by atoms with Crippen molar-refractivity contribution in [2.24, 2.45) is 0 Å². The maximum atomic E-state index is 13.0.